The van der Waals surface area contributed by atoms with Crippen molar-refractivity contribution in [2.45, 2.75) is 46.8 Å². The van der Waals surface area contributed by atoms with Gasteiger partial charge in [-0.05, 0) is 50.5 Å². The first-order valence-corrected chi connectivity index (χ1v) is 9.19. The number of nitrogens with zero attached hydrogens (tertiary/aromatic N) is 2. The minimum atomic E-state index is -0.726. The van der Waals surface area contributed by atoms with Gasteiger partial charge in [-0.15, -0.1) is 0 Å². The van der Waals surface area contributed by atoms with E-state index in [0.717, 1.165) is 22.2 Å². The summed E-state index contributed by atoms with van der Waals surface area (Å²) in [6, 6.07) is 6.91. The molecule has 0 bridgehead atoms. The molecule has 3 aromatic rings. The molecule has 2 heterocycles. The fourth-order valence-corrected chi connectivity index (χ4v) is 3.20. The molecule has 7 heteroatoms. The molecule has 0 N–H and O–H groups in total. The molecule has 1 unspecified atom stereocenters. The minimum Gasteiger partial charge on any atom is -0.480 e. The van der Waals surface area contributed by atoms with E-state index in [4.69, 9.17) is 13.7 Å². The number of hydrogen-bond donors (Lipinski definition) is 0. The fraction of sp³-hybridized carbons (Fsp3) is 0.381. The van der Waals surface area contributed by atoms with Gasteiger partial charge < -0.3 is 18.6 Å². The molecule has 0 aliphatic heterocycles. The number of likely N-dealkylation sites (N-methyl/N-ethyl adjacent to an activating group) is 1. The van der Waals surface area contributed by atoms with E-state index in [2.05, 4.69) is 5.16 Å². The number of aryl methyl sites for hydroxylation is 3. The number of carbonyl (C=O) groups excluding carboxylic acids is 1. The first-order chi connectivity index (χ1) is 13.3. The molecule has 0 aliphatic carbocycles. The largest absolute Gasteiger partial charge is 0.480 e. The lowest BCUT2D eigenvalue weighted by atomic mass is 10.0. The van der Waals surface area contributed by atoms with Gasteiger partial charge in [-0.2, -0.15) is 0 Å². The SMILES string of the molecule is CCc1cc(=O)oc2cc(C)cc(OC(C)C(=O)N(C)Cc3cc(C)no3)c12. The molecule has 2 aromatic heterocycles. The highest BCUT2D eigenvalue weighted by molar-refractivity contribution is 5.88. The fourth-order valence-electron chi connectivity index (χ4n) is 3.20. The Morgan fingerprint density at radius 2 is 2.00 bits per heavy atom. The van der Waals surface area contributed by atoms with Crippen molar-refractivity contribution >= 4 is 16.9 Å². The molecule has 1 amide bonds. The van der Waals surface area contributed by atoms with Gasteiger partial charge in [-0.1, -0.05) is 12.1 Å². The van der Waals surface area contributed by atoms with Gasteiger partial charge in [-0.25, -0.2) is 4.79 Å². The van der Waals surface area contributed by atoms with Crippen molar-refractivity contribution in [2.24, 2.45) is 0 Å². The van der Waals surface area contributed by atoms with Crippen molar-refractivity contribution < 1.29 is 18.5 Å². The van der Waals surface area contributed by atoms with Gasteiger partial charge in [0, 0.05) is 19.2 Å². The van der Waals surface area contributed by atoms with Crippen LogP contribution in [0.25, 0.3) is 11.0 Å². The second kappa shape index (κ2) is 7.88. The van der Waals surface area contributed by atoms with E-state index in [0.29, 0.717) is 30.1 Å². The number of carbonyl (C=O) groups is 1. The predicted molar refractivity (Wildman–Crippen MR) is 104 cm³/mol. The van der Waals surface area contributed by atoms with E-state index in [1.54, 1.807) is 26.1 Å². The summed E-state index contributed by atoms with van der Waals surface area (Å²) in [5, 5.41) is 4.55. The van der Waals surface area contributed by atoms with Gasteiger partial charge in [-0.3, -0.25) is 4.79 Å². The Morgan fingerprint density at radius 3 is 2.64 bits per heavy atom. The Hall–Kier alpha value is -3.09. The van der Waals surface area contributed by atoms with Crippen LogP contribution in [0.4, 0.5) is 0 Å². The quantitative estimate of drug-likeness (QED) is 0.606. The van der Waals surface area contributed by atoms with Gasteiger partial charge in [0.1, 0.15) is 11.3 Å². The van der Waals surface area contributed by atoms with E-state index < -0.39 is 11.7 Å². The molecular weight excluding hydrogens is 360 g/mol. The standard InChI is InChI=1S/C21H24N2O5/c1-6-15-10-19(24)27-18-8-12(2)7-17(20(15)18)26-14(4)21(25)23(5)11-16-9-13(3)22-28-16/h7-10,14H,6,11H2,1-5H3. The molecule has 0 spiro atoms. The Labute approximate surface area is 162 Å². The molecule has 0 fully saturated rings. The summed E-state index contributed by atoms with van der Waals surface area (Å²) >= 11 is 0. The summed E-state index contributed by atoms with van der Waals surface area (Å²) in [5.74, 6) is 0.941. The van der Waals surface area contributed by atoms with E-state index in [-0.39, 0.29) is 5.91 Å². The van der Waals surface area contributed by atoms with Crippen molar-refractivity contribution in [3.8, 4) is 5.75 Å². The van der Waals surface area contributed by atoms with Crippen LogP contribution < -0.4 is 10.4 Å². The van der Waals surface area contributed by atoms with Gasteiger partial charge in [0.2, 0.25) is 0 Å². The third-order valence-electron chi connectivity index (χ3n) is 4.51. The zero-order valence-corrected chi connectivity index (χ0v) is 16.7. The third-order valence-corrected chi connectivity index (χ3v) is 4.51. The second-order valence-corrected chi connectivity index (χ2v) is 6.97. The van der Waals surface area contributed by atoms with Crippen molar-refractivity contribution in [2.75, 3.05) is 7.05 Å². The van der Waals surface area contributed by atoms with Crippen molar-refractivity contribution in [3.63, 3.8) is 0 Å². The van der Waals surface area contributed by atoms with Crippen LogP contribution in [0, 0.1) is 13.8 Å². The average molecular weight is 384 g/mol. The molecule has 28 heavy (non-hydrogen) atoms. The number of ether oxygens (including phenoxy) is 1. The summed E-state index contributed by atoms with van der Waals surface area (Å²) in [6.45, 7) is 7.67. The number of benzene rings is 1. The van der Waals surface area contributed by atoms with Crippen molar-refractivity contribution in [1.29, 1.82) is 0 Å². The summed E-state index contributed by atoms with van der Waals surface area (Å²) in [5.41, 5.74) is 2.53. The summed E-state index contributed by atoms with van der Waals surface area (Å²) in [7, 11) is 1.69. The van der Waals surface area contributed by atoms with Crippen LogP contribution in [0.15, 0.2) is 38.0 Å². The van der Waals surface area contributed by atoms with E-state index >= 15 is 0 Å². The lowest BCUT2D eigenvalue weighted by molar-refractivity contribution is -0.137. The molecule has 0 saturated carbocycles. The number of aromatic nitrogens is 1. The van der Waals surface area contributed by atoms with Crippen molar-refractivity contribution in [3.05, 3.63) is 57.3 Å². The maximum atomic E-state index is 12.8. The molecule has 0 aliphatic rings. The Balaban J connectivity index is 1.86. The highest BCUT2D eigenvalue weighted by Crippen LogP contribution is 2.31. The average Bonchev–Trinajstić information content (AvgIpc) is 3.04. The maximum Gasteiger partial charge on any atom is 0.336 e. The number of rotatable bonds is 6. The van der Waals surface area contributed by atoms with Crippen LogP contribution in [0.5, 0.6) is 5.75 Å². The first kappa shape index (κ1) is 19.7. The zero-order chi connectivity index (χ0) is 20.4. The van der Waals surface area contributed by atoms with Crippen LogP contribution in [0.1, 0.15) is 36.4 Å². The van der Waals surface area contributed by atoms with Gasteiger partial charge >= 0.3 is 5.63 Å². The molecule has 0 radical (unpaired) electrons. The normalized spacial score (nSPS) is 12.2. The minimum absolute atomic E-state index is 0.195. The Bertz CT molecular complexity index is 1070. The lowest BCUT2D eigenvalue weighted by Crippen LogP contribution is -2.37. The van der Waals surface area contributed by atoms with E-state index in [9.17, 15) is 9.59 Å². The van der Waals surface area contributed by atoms with Gasteiger partial charge in [0.15, 0.2) is 11.9 Å². The maximum absolute atomic E-state index is 12.8. The van der Waals surface area contributed by atoms with Crippen LogP contribution in [0.3, 0.4) is 0 Å². The summed E-state index contributed by atoms with van der Waals surface area (Å²) in [6.07, 6.45) is -0.0788. The van der Waals surface area contributed by atoms with E-state index in [1.165, 1.54) is 11.0 Å². The summed E-state index contributed by atoms with van der Waals surface area (Å²) in [4.78, 5) is 26.1. The summed E-state index contributed by atoms with van der Waals surface area (Å²) < 4.78 is 16.5. The second-order valence-electron chi connectivity index (χ2n) is 6.97. The number of amides is 1. The van der Waals surface area contributed by atoms with E-state index in [1.807, 2.05) is 26.8 Å². The number of hydrogen-bond acceptors (Lipinski definition) is 6. The number of fused-ring (bicyclic) bond motifs is 1. The Kier molecular flexibility index (Phi) is 5.53. The molecule has 1 aromatic carbocycles. The smallest absolute Gasteiger partial charge is 0.336 e. The Morgan fingerprint density at radius 1 is 1.25 bits per heavy atom. The molecular formula is C21H24N2O5. The van der Waals surface area contributed by atoms with Gasteiger partial charge in [0.05, 0.1) is 17.6 Å². The first-order valence-electron chi connectivity index (χ1n) is 9.19. The zero-order valence-electron chi connectivity index (χ0n) is 16.7. The molecule has 7 nitrogen and oxygen atoms in total. The van der Waals surface area contributed by atoms with Crippen LogP contribution in [-0.4, -0.2) is 29.1 Å². The molecule has 1 atom stereocenters. The van der Waals surface area contributed by atoms with Crippen LogP contribution >= 0.6 is 0 Å². The topological polar surface area (TPSA) is 85.8 Å². The van der Waals surface area contributed by atoms with Crippen LogP contribution in [0.2, 0.25) is 0 Å². The highest BCUT2D eigenvalue weighted by atomic mass is 16.5. The third kappa shape index (κ3) is 4.08. The van der Waals surface area contributed by atoms with Crippen molar-refractivity contribution in [1.82, 2.24) is 10.1 Å². The van der Waals surface area contributed by atoms with Crippen LogP contribution in [-0.2, 0) is 17.8 Å². The predicted octanol–water partition coefficient (Wildman–Crippen LogP) is 3.39. The highest BCUT2D eigenvalue weighted by Gasteiger charge is 2.22. The lowest BCUT2D eigenvalue weighted by Gasteiger charge is -2.22. The molecule has 3 rings (SSSR count). The molecule has 148 valence electrons. The monoisotopic (exact) mass is 384 g/mol. The van der Waals surface area contributed by atoms with Gasteiger partial charge in [0.25, 0.3) is 5.91 Å². The molecule has 0 saturated heterocycles.